The fourth-order valence-corrected chi connectivity index (χ4v) is 3.38. The molecule has 0 unspecified atom stereocenters. The van der Waals surface area contributed by atoms with Crippen LogP contribution in [0.1, 0.15) is 43.3 Å². The molecule has 23 heavy (non-hydrogen) atoms. The highest BCUT2D eigenvalue weighted by Crippen LogP contribution is 2.44. The first kappa shape index (κ1) is 13.2. The number of hydrogen-bond donors (Lipinski definition) is 1. The molecule has 0 saturated heterocycles. The third-order valence-corrected chi connectivity index (χ3v) is 4.97. The molecule has 0 radical (unpaired) electrons. The van der Waals surface area contributed by atoms with Crippen molar-refractivity contribution in [2.75, 3.05) is 0 Å². The van der Waals surface area contributed by atoms with Gasteiger partial charge >= 0.3 is 0 Å². The quantitative estimate of drug-likeness (QED) is 0.807. The highest BCUT2D eigenvalue weighted by molar-refractivity contribution is 5.77. The average molecular weight is 305 g/mol. The topological polar surface area (TPSA) is 69.6 Å². The molecule has 2 heterocycles. The number of aromatic nitrogens is 4. The van der Waals surface area contributed by atoms with E-state index in [9.17, 15) is 0 Å². The van der Waals surface area contributed by atoms with E-state index < -0.39 is 0 Å². The lowest BCUT2D eigenvalue weighted by Crippen LogP contribution is -2.37. The van der Waals surface area contributed by atoms with Crippen molar-refractivity contribution >= 4 is 11.0 Å². The van der Waals surface area contributed by atoms with Gasteiger partial charge in [-0.05, 0) is 37.8 Å². The number of nitrogens with two attached hydrogens (primary N) is 1. The highest BCUT2D eigenvalue weighted by Gasteiger charge is 2.34. The molecule has 1 aromatic carbocycles. The van der Waals surface area contributed by atoms with Crippen molar-refractivity contribution in [2.45, 2.75) is 43.7 Å². The molecule has 2 fully saturated rings. The summed E-state index contributed by atoms with van der Waals surface area (Å²) in [7, 11) is 0. The van der Waals surface area contributed by atoms with Crippen LogP contribution in [0.4, 0.5) is 0 Å². The predicted octanol–water partition coefficient (Wildman–Crippen LogP) is 3.03. The minimum atomic E-state index is 0.331. The zero-order chi connectivity index (χ0) is 15.4. The molecule has 5 nitrogen and oxygen atoms in total. The summed E-state index contributed by atoms with van der Waals surface area (Å²) >= 11 is 0. The fourth-order valence-electron chi connectivity index (χ4n) is 3.38. The molecule has 2 saturated carbocycles. The smallest absolute Gasteiger partial charge is 0.0927 e. The van der Waals surface area contributed by atoms with Crippen LogP contribution in [-0.4, -0.2) is 25.8 Å². The van der Waals surface area contributed by atoms with Crippen molar-refractivity contribution in [3.8, 4) is 11.3 Å². The van der Waals surface area contributed by atoms with Gasteiger partial charge in [0, 0.05) is 23.7 Å². The van der Waals surface area contributed by atoms with E-state index in [1.54, 1.807) is 0 Å². The van der Waals surface area contributed by atoms with Crippen molar-refractivity contribution < 1.29 is 0 Å². The Morgan fingerprint density at radius 2 is 1.87 bits per heavy atom. The second-order valence-electron chi connectivity index (χ2n) is 6.81. The number of para-hydroxylation sites is 2. The average Bonchev–Trinajstić information content (AvgIpc) is 3.31. The maximum Gasteiger partial charge on any atom is 0.0927 e. The van der Waals surface area contributed by atoms with E-state index in [1.165, 1.54) is 18.5 Å². The molecule has 2 aliphatic rings. The van der Waals surface area contributed by atoms with E-state index in [0.29, 0.717) is 18.0 Å². The van der Waals surface area contributed by atoms with Gasteiger partial charge in [-0.25, -0.2) is 4.98 Å². The fraction of sp³-hybridized carbons (Fsp3) is 0.389. The van der Waals surface area contributed by atoms with Crippen molar-refractivity contribution in [2.24, 2.45) is 5.73 Å². The summed E-state index contributed by atoms with van der Waals surface area (Å²) in [6, 6.07) is 8.78. The molecule has 5 rings (SSSR count). The maximum absolute atomic E-state index is 5.93. The second-order valence-corrected chi connectivity index (χ2v) is 6.81. The molecule has 2 aromatic heterocycles. The summed E-state index contributed by atoms with van der Waals surface area (Å²) in [4.78, 5) is 9.37. The maximum atomic E-state index is 5.93. The molecule has 0 aliphatic heterocycles. The van der Waals surface area contributed by atoms with Crippen molar-refractivity contribution in [1.29, 1.82) is 0 Å². The van der Waals surface area contributed by atoms with Crippen LogP contribution in [0.15, 0.2) is 36.7 Å². The van der Waals surface area contributed by atoms with Gasteiger partial charge in [0.05, 0.1) is 34.7 Å². The normalized spacial score (nSPS) is 23.9. The van der Waals surface area contributed by atoms with Crippen LogP contribution in [0.2, 0.25) is 0 Å². The number of nitrogens with zero attached hydrogens (tertiary/aromatic N) is 4. The molecular formula is C18H19N5. The lowest BCUT2D eigenvalue weighted by Gasteiger charge is -2.32. The first-order valence-electron chi connectivity index (χ1n) is 8.35. The first-order valence-corrected chi connectivity index (χ1v) is 8.35. The Hall–Kier alpha value is -2.27. The highest BCUT2D eigenvalue weighted by atomic mass is 15.3. The van der Waals surface area contributed by atoms with E-state index >= 15 is 0 Å². The summed E-state index contributed by atoms with van der Waals surface area (Å²) in [5.74, 6) is 0.591. The molecule has 2 aliphatic carbocycles. The number of hydrogen-bond acceptors (Lipinski definition) is 4. The summed E-state index contributed by atoms with van der Waals surface area (Å²) in [6.07, 6.45) is 8.54. The monoisotopic (exact) mass is 305 g/mol. The van der Waals surface area contributed by atoms with Gasteiger partial charge in [0.25, 0.3) is 0 Å². The summed E-state index contributed by atoms with van der Waals surface area (Å²) in [5, 5.41) is 4.88. The third kappa shape index (κ3) is 2.23. The van der Waals surface area contributed by atoms with Gasteiger partial charge in [-0.3, -0.25) is 9.67 Å². The summed E-state index contributed by atoms with van der Waals surface area (Å²) in [6.45, 7) is 0. The van der Waals surface area contributed by atoms with Crippen LogP contribution >= 0.6 is 0 Å². The zero-order valence-corrected chi connectivity index (χ0v) is 12.9. The van der Waals surface area contributed by atoms with Crippen LogP contribution in [0.5, 0.6) is 0 Å². The van der Waals surface area contributed by atoms with E-state index in [1.807, 2.05) is 30.5 Å². The first-order chi connectivity index (χ1) is 11.3. The van der Waals surface area contributed by atoms with Gasteiger partial charge in [0.1, 0.15) is 0 Å². The Kier molecular flexibility index (Phi) is 2.79. The lowest BCUT2D eigenvalue weighted by molar-refractivity contribution is 0.246. The SMILES string of the molecule is NC1CC(n2cc(-c3cnc4ccccc4n3)c(C3CC3)n2)C1. The van der Waals surface area contributed by atoms with Gasteiger partial charge in [0.2, 0.25) is 0 Å². The van der Waals surface area contributed by atoms with Crippen molar-refractivity contribution in [1.82, 2.24) is 19.7 Å². The lowest BCUT2D eigenvalue weighted by atomic mass is 9.88. The molecule has 0 amide bonds. The molecule has 0 bridgehead atoms. The van der Waals surface area contributed by atoms with Crippen LogP contribution in [0.3, 0.4) is 0 Å². The van der Waals surface area contributed by atoms with Crippen molar-refractivity contribution in [3.05, 3.63) is 42.4 Å². The van der Waals surface area contributed by atoms with Gasteiger partial charge < -0.3 is 5.73 Å². The predicted molar refractivity (Wildman–Crippen MR) is 89.0 cm³/mol. The van der Waals surface area contributed by atoms with E-state index in [0.717, 1.165) is 35.1 Å². The van der Waals surface area contributed by atoms with Gasteiger partial charge in [0.15, 0.2) is 0 Å². The third-order valence-electron chi connectivity index (χ3n) is 4.97. The molecule has 0 atom stereocenters. The van der Waals surface area contributed by atoms with Crippen LogP contribution in [0, 0.1) is 0 Å². The van der Waals surface area contributed by atoms with Gasteiger partial charge in [-0.15, -0.1) is 0 Å². The van der Waals surface area contributed by atoms with Gasteiger partial charge in [-0.2, -0.15) is 5.10 Å². The summed E-state index contributed by atoms with van der Waals surface area (Å²) < 4.78 is 2.11. The summed E-state index contributed by atoms with van der Waals surface area (Å²) in [5.41, 5.74) is 11.1. The minimum Gasteiger partial charge on any atom is -0.328 e. The molecule has 5 heteroatoms. The molecular weight excluding hydrogens is 286 g/mol. The Morgan fingerprint density at radius 1 is 1.09 bits per heavy atom. The largest absolute Gasteiger partial charge is 0.328 e. The Labute approximate surface area is 134 Å². The Morgan fingerprint density at radius 3 is 2.61 bits per heavy atom. The van der Waals surface area contributed by atoms with E-state index in [4.69, 9.17) is 15.8 Å². The molecule has 116 valence electrons. The van der Waals surface area contributed by atoms with Gasteiger partial charge in [-0.1, -0.05) is 12.1 Å². The standard InChI is InChI=1S/C18H19N5/c19-12-7-13(8-12)23-10-14(18(22-23)11-5-6-11)17-9-20-15-3-1-2-4-16(15)21-17/h1-4,9-13H,5-8,19H2. The van der Waals surface area contributed by atoms with Crippen LogP contribution in [0.25, 0.3) is 22.3 Å². The Bertz CT molecular complexity index is 874. The van der Waals surface area contributed by atoms with Crippen molar-refractivity contribution in [3.63, 3.8) is 0 Å². The van der Waals surface area contributed by atoms with Crippen LogP contribution < -0.4 is 5.73 Å². The van der Waals surface area contributed by atoms with E-state index in [-0.39, 0.29) is 0 Å². The molecule has 3 aromatic rings. The van der Waals surface area contributed by atoms with Crippen LogP contribution in [-0.2, 0) is 0 Å². The van der Waals surface area contributed by atoms with E-state index in [2.05, 4.69) is 15.9 Å². The minimum absolute atomic E-state index is 0.331. The molecule has 2 N–H and O–H groups in total. The second kappa shape index (κ2) is 4.86. The number of benzene rings is 1. The number of rotatable bonds is 3. The zero-order valence-electron chi connectivity index (χ0n) is 12.9. The Balaban J connectivity index is 1.59. The molecule has 0 spiro atoms. The number of fused-ring (bicyclic) bond motifs is 1.